The van der Waals surface area contributed by atoms with Crippen molar-refractivity contribution in [3.8, 4) is 11.8 Å². The number of rotatable bonds is 4. The highest BCUT2D eigenvalue weighted by molar-refractivity contribution is 6.17. The molecule has 0 fully saturated rings. The van der Waals surface area contributed by atoms with Crippen molar-refractivity contribution >= 4 is 17.6 Å². The predicted molar refractivity (Wildman–Crippen MR) is 58.7 cm³/mol. The zero-order chi connectivity index (χ0) is 13.7. The van der Waals surface area contributed by atoms with Crippen LogP contribution in [0.4, 0.5) is 8.78 Å². The van der Waals surface area contributed by atoms with Crippen molar-refractivity contribution in [3.63, 3.8) is 0 Å². The van der Waals surface area contributed by atoms with Gasteiger partial charge in [-0.25, -0.2) is 4.79 Å². The fourth-order valence-electron chi connectivity index (χ4n) is 1.36. The third-order valence-corrected chi connectivity index (χ3v) is 2.39. The van der Waals surface area contributed by atoms with E-state index in [4.69, 9.17) is 16.9 Å². The molecule has 0 saturated heterocycles. The molecule has 1 rings (SSSR count). The maximum absolute atomic E-state index is 12.3. The lowest BCUT2D eigenvalue weighted by molar-refractivity contribution is -0.0509. The summed E-state index contributed by atoms with van der Waals surface area (Å²) in [5.74, 6) is -1.51. The van der Waals surface area contributed by atoms with E-state index < -0.39 is 18.3 Å². The lowest BCUT2D eigenvalue weighted by Crippen LogP contribution is -2.12. The van der Waals surface area contributed by atoms with Gasteiger partial charge in [-0.15, -0.1) is 11.6 Å². The van der Waals surface area contributed by atoms with E-state index in [9.17, 15) is 13.6 Å². The molecule has 0 unspecified atom stereocenters. The molecule has 7 heteroatoms. The number of carbonyl (C=O) groups excluding carboxylic acids is 1. The third kappa shape index (κ3) is 2.87. The number of esters is 1. The summed E-state index contributed by atoms with van der Waals surface area (Å²) < 4.78 is 33.3. The predicted octanol–water partition coefficient (Wildman–Crippen LogP) is 2.69. The largest absolute Gasteiger partial charge is 0.465 e. The standard InChI is InChI=1S/C11H8ClF2NO3/c1-17-10(16)7-3-2-6(5-15)8(4-12)9(7)18-11(13)14/h2-3,11H,4H2,1H3. The van der Waals surface area contributed by atoms with Crippen molar-refractivity contribution in [1.29, 1.82) is 5.26 Å². The Morgan fingerprint density at radius 1 is 1.56 bits per heavy atom. The molecule has 0 aromatic heterocycles. The quantitative estimate of drug-likeness (QED) is 0.626. The Labute approximate surface area is 107 Å². The van der Waals surface area contributed by atoms with Gasteiger partial charge < -0.3 is 9.47 Å². The molecule has 1 aromatic carbocycles. The summed E-state index contributed by atoms with van der Waals surface area (Å²) in [5.41, 5.74) is -0.108. The van der Waals surface area contributed by atoms with Gasteiger partial charge >= 0.3 is 12.6 Å². The van der Waals surface area contributed by atoms with Crippen LogP contribution in [0, 0.1) is 11.3 Å². The van der Waals surface area contributed by atoms with E-state index in [-0.39, 0.29) is 22.6 Å². The minimum atomic E-state index is -3.13. The van der Waals surface area contributed by atoms with E-state index in [0.717, 1.165) is 7.11 Å². The van der Waals surface area contributed by atoms with Crippen molar-refractivity contribution < 1.29 is 23.0 Å². The number of hydrogen-bond acceptors (Lipinski definition) is 4. The molecule has 1 aromatic rings. The molecule has 0 N–H and O–H groups in total. The van der Waals surface area contributed by atoms with Gasteiger partial charge in [0.1, 0.15) is 11.3 Å². The Hall–Kier alpha value is -1.87. The molecule has 0 heterocycles. The number of alkyl halides is 3. The summed E-state index contributed by atoms with van der Waals surface area (Å²) in [4.78, 5) is 11.4. The molecule has 0 aliphatic heterocycles. The highest BCUT2D eigenvalue weighted by Crippen LogP contribution is 2.30. The Balaban J connectivity index is 3.44. The van der Waals surface area contributed by atoms with Crippen molar-refractivity contribution in [1.82, 2.24) is 0 Å². The molecule has 4 nitrogen and oxygen atoms in total. The second kappa shape index (κ2) is 6.17. The zero-order valence-corrected chi connectivity index (χ0v) is 10.0. The first-order chi connectivity index (χ1) is 8.54. The van der Waals surface area contributed by atoms with Gasteiger partial charge in [0.2, 0.25) is 0 Å². The highest BCUT2D eigenvalue weighted by Gasteiger charge is 2.22. The van der Waals surface area contributed by atoms with Crippen LogP contribution in [0.25, 0.3) is 0 Å². The maximum atomic E-state index is 12.3. The number of hydrogen-bond donors (Lipinski definition) is 0. The van der Waals surface area contributed by atoms with Gasteiger partial charge in [0.05, 0.1) is 24.6 Å². The Kier molecular flexibility index (Phi) is 4.86. The second-order valence-corrected chi connectivity index (χ2v) is 3.35. The van der Waals surface area contributed by atoms with Crippen LogP contribution in [0.5, 0.6) is 5.75 Å². The fourth-order valence-corrected chi connectivity index (χ4v) is 1.62. The smallest absolute Gasteiger partial charge is 0.387 e. The summed E-state index contributed by atoms with van der Waals surface area (Å²) in [7, 11) is 1.10. The van der Waals surface area contributed by atoms with Crippen molar-refractivity contribution in [3.05, 3.63) is 28.8 Å². The summed E-state index contributed by atoms with van der Waals surface area (Å²) in [6.45, 7) is -3.13. The summed E-state index contributed by atoms with van der Waals surface area (Å²) in [6, 6.07) is 4.26. The number of carbonyl (C=O) groups is 1. The van der Waals surface area contributed by atoms with Gasteiger partial charge in [0.25, 0.3) is 0 Å². The first-order valence-electron chi connectivity index (χ1n) is 4.70. The topological polar surface area (TPSA) is 59.3 Å². The number of benzene rings is 1. The average molecular weight is 276 g/mol. The number of halogens is 3. The molecule has 0 aliphatic rings. The van der Waals surface area contributed by atoms with E-state index in [2.05, 4.69) is 9.47 Å². The Morgan fingerprint density at radius 2 is 2.22 bits per heavy atom. The lowest BCUT2D eigenvalue weighted by Gasteiger charge is -2.13. The van der Waals surface area contributed by atoms with Crippen LogP contribution in [0.15, 0.2) is 12.1 Å². The van der Waals surface area contributed by atoms with Gasteiger partial charge in [-0.05, 0) is 12.1 Å². The molecule has 0 bridgehead atoms. The van der Waals surface area contributed by atoms with Gasteiger partial charge in [0, 0.05) is 5.56 Å². The van der Waals surface area contributed by atoms with E-state index in [1.165, 1.54) is 12.1 Å². The molecule has 0 amide bonds. The highest BCUT2D eigenvalue weighted by atomic mass is 35.5. The summed E-state index contributed by atoms with van der Waals surface area (Å²) >= 11 is 5.59. The summed E-state index contributed by atoms with van der Waals surface area (Å²) in [5, 5.41) is 8.83. The SMILES string of the molecule is COC(=O)c1ccc(C#N)c(CCl)c1OC(F)F. The minimum Gasteiger partial charge on any atom is -0.465 e. The van der Waals surface area contributed by atoms with E-state index in [1.807, 2.05) is 0 Å². The van der Waals surface area contributed by atoms with Crippen LogP contribution in [-0.4, -0.2) is 19.7 Å². The molecule has 0 saturated carbocycles. The molecule has 0 radical (unpaired) electrons. The fraction of sp³-hybridized carbons (Fsp3) is 0.273. The van der Waals surface area contributed by atoms with E-state index in [0.29, 0.717) is 0 Å². The molecule has 18 heavy (non-hydrogen) atoms. The van der Waals surface area contributed by atoms with Crippen LogP contribution in [-0.2, 0) is 10.6 Å². The van der Waals surface area contributed by atoms with Crippen molar-refractivity contribution in [2.75, 3.05) is 7.11 Å². The average Bonchev–Trinajstić information content (AvgIpc) is 2.36. The van der Waals surface area contributed by atoms with Crippen LogP contribution < -0.4 is 4.74 Å². The number of methoxy groups -OCH3 is 1. The molecule has 0 aliphatic carbocycles. The summed E-state index contributed by atoms with van der Waals surface area (Å²) in [6.07, 6.45) is 0. The normalized spacial score (nSPS) is 10.0. The van der Waals surface area contributed by atoms with Crippen molar-refractivity contribution in [2.45, 2.75) is 12.5 Å². The van der Waals surface area contributed by atoms with Crippen LogP contribution in [0.3, 0.4) is 0 Å². The maximum Gasteiger partial charge on any atom is 0.387 e. The zero-order valence-electron chi connectivity index (χ0n) is 9.25. The van der Waals surface area contributed by atoms with Gasteiger partial charge in [0.15, 0.2) is 0 Å². The number of nitriles is 1. The Bertz CT molecular complexity index is 500. The van der Waals surface area contributed by atoms with Gasteiger partial charge in [-0.2, -0.15) is 14.0 Å². The van der Waals surface area contributed by atoms with Crippen LogP contribution >= 0.6 is 11.6 Å². The number of ether oxygens (including phenoxy) is 2. The third-order valence-electron chi connectivity index (χ3n) is 2.13. The molecule has 96 valence electrons. The number of nitrogens with zero attached hydrogens (tertiary/aromatic N) is 1. The Morgan fingerprint density at radius 3 is 2.67 bits per heavy atom. The molecular weight excluding hydrogens is 268 g/mol. The lowest BCUT2D eigenvalue weighted by atomic mass is 10.0. The van der Waals surface area contributed by atoms with Crippen LogP contribution in [0.1, 0.15) is 21.5 Å². The van der Waals surface area contributed by atoms with E-state index >= 15 is 0 Å². The molecular formula is C11H8ClF2NO3. The van der Waals surface area contributed by atoms with E-state index in [1.54, 1.807) is 6.07 Å². The first-order valence-corrected chi connectivity index (χ1v) is 5.23. The minimum absolute atomic E-state index is 0.0300. The van der Waals surface area contributed by atoms with Gasteiger partial charge in [-0.1, -0.05) is 0 Å². The van der Waals surface area contributed by atoms with Crippen LogP contribution in [0.2, 0.25) is 0 Å². The second-order valence-electron chi connectivity index (χ2n) is 3.08. The first kappa shape index (κ1) is 14.2. The van der Waals surface area contributed by atoms with Gasteiger partial charge in [-0.3, -0.25) is 0 Å². The van der Waals surface area contributed by atoms with Crippen molar-refractivity contribution in [2.24, 2.45) is 0 Å². The monoisotopic (exact) mass is 275 g/mol. The molecule has 0 atom stereocenters. The molecule has 0 spiro atoms.